The van der Waals surface area contributed by atoms with Crippen LogP contribution in [0.1, 0.15) is 36.2 Å². The number of hydrogen-bond donors (Lipinski definition) is 0. The van der Waals surface area contributed by atoms with Crippen molar-refractivity contribution >= 4 is 11.5 Å². The molecule has 6 heteroatoms. The van der Waals surface area contributed by atoms with Crippen LogP contribution in [0.2, 0.25) is 0 Å². The molecule has 0 aliphatic rings. The van der Waals surface area contributed by atoms with Crippen LogP contribution in [0.5, 0.6) is 5.75 Å². The van der Waals surface area contributed by atoms with Gasteiger partial charge in [0.1, 0.15) is 17.9 Å². The molecular formula is C23H22N4OS. The largest absolute Gasteiger partial charge is 0.487 e. The lowest BCUT2D eigenvalue weighted by molar-refractivity contribution is 0.301. The van der Waals surface area contributed by atoms with Crippen LogP contribution >= 0.6 is 11.5 Å². The molecule has 0 bridgehead atoms. The highest BCUT2D eigenvalue weighted by Crippen LogP contribution is 2.32. The highest BCUT2D eigenvalue weighted by atomic mass is 32.1. The van der Waals surface area contributed by atoms with Crippen LogP contribution in [-0.2, 0) is 12.0 Å². The summed E-state index contributed by atoms with van der Waals surface area (Å²) in [5, 5.41) is 0. The second-order valence-electron chi connectivity index (χ2n) is 7.43. The van der Waals surface area contributed by atoms with Gasteiger partial charge in [-0.1, -0.05) is 55.8 Å². The molecule has 0 aliphatic carbocycles. The predicted molar refractivity (Wildman–Crippen MR) is 115 cm³/mol. The van der Waals surface area contributed by atoms with Gasteiger partial charge in [0, 0.05) is 11.6 Å². The molecule has 0 fully saturated rings. The summed E-state index contributed by atoms with van der Waals surface area (Å²) in [4.78, 5) is 12.9. The molecule has 0 amide bonds. The molecule has 0 saturated heterocycles. The van der Waals surface area contributed by atoms with Crippen LogP contribution in [-0.4, -0.2) is 19.3 Å². The summed E-state index contributed by atoms with van der Waals surface area (Å²) >= 11 is 1.28. The van der Waals surface area contributed by atoms with Crippen LogP contribution in [0.25, 0.3) is 11.6 Å². The van der Waals surface area contributed by atoms with Gasteiger partial charge in [0.15, 0.2) is 5.82 Å². The van der Waals surface area contributed by atoms with Gasteiger partial charge in [-0.25, -0.2) is 15.0 Å². The van der Waals surface area contributed by atoms with E-state index >= 15 is 0 Å². The Morgan fingerprint density at radius 3 is 2.21 bits per heavy atom. The highest BCUT2D eigenvalue weighted by Gasteiger charge is 2.22. The van der Waals surface area contributed by atoms with E-state index in [9.17, 15) is 0 Å². The molecule has 0 aliphatic heterocycles. The zero-order valence-corrected chi connectivity index (χ0v) is 17.5. The summed E-state index contributed by atoms with van der Waals surface area (Å²) in [5.74, 6) is 1.86. The molecule has 29 heavy (non-hydrogen) atoms. The van der Waals surface area contributed by atoms with Crippen molar-refractivity contribution in [2.75, 3.05) is 0 Å². The predicted octanol–water partition coefficient (Wildman–Crippen LogP) is 5.21. The molecule has 4 aromatic rings. The number of hydrogen-bond acceptors (Lipinski definition) is 6. The third-order valence-electron chi connectivity index (χ3n) is 5.01. The van der Waals surface area contributed by atoms with Gasteiger partial charge in [0.25, 0.3) is 0 Å². The molecule has 4 rings (SSSR count). The lowest BCUT2D eigenvalue weighted by Crippen LogP contribution is -2.18. The van der Waals surface area contributed by atoms with E-state index < -0.39 is 0 Å². The Kier molecular flexibility index (Phi) is 5.36. The van der Waals surface area contributed by atoms with E-state index in [-0.39, 0.29) is 5.41 Å². The van der Waals surface area contributed by atoms with E-state index in [4.69, 9.17) is 4.74 Å². The first kappa shape index (κ1) is 19.2. The standard InChI is InChI=1S/C23H22N4OS/c1-16-4-6-17(7-5-16)23(2,3)18-8-10-20(11-9-18)28-14-19-12-13-24-21(26-19)22-25-15-29-27-22/h4-13,15H,14H2,1-3H3. The topological polar surface area (TPSA) is 60.8 Å². The Morgan fingerprint density at radius 2 is 1.55 bits per heavy atom. The summed E-state index contributed by atoms with van der Waals surface area (Å²) in [6.07, 6.45) is 1.70. The van der Waals surface area contributed by atoms with Crippen LogP contribution in [0.3, 0.4) is 0 Å². The van der Waals surface area contributed by atoms with E-state index in [1.165, 1.54) is 28.2 Å². The van der Waals surface area contributed by atoms with Gasteiger partial charge in [0.2, 0.25) is 5.82 Å². The fourth-order valence-electron chi connectivity index (χ4n) is 3.12. The van der Waals surface area contributed by atoms with Crippen molar-refractivity contribution in [3.8, 4) is 17.4 Å². The number of ether oxygens (including phenoxy) is 1. The van der Waals surface area contributed by atoms with E-state index in [2.05, 4.69) is 76.5 Å². The van der Waals surface area contributed by atoms with Crippen LogP contribution < -0.4 is 4.74 Å². The van der Waals surface area contributed by atoms with Crippen molar-refractivity contribution in [1.82, 2.24) is 19.3 Å². The second-order valence-corrected chi connectivity index (χ2v) is 8.03. The lowest BCUT2D eigenvalue weighted by atomic mass is 9.78. The number of aromatic nitrogens is 4. The van der Waals surface area contributed by atoms with Gasteiger partial charge in [-0.15, -0.1) is 0 Å². The summed E-state index contributed by atoms with van der Waals surface area (Å²) in [7, 11) is 0. The SMILES string of the molecule is Cc1ccc(C(C)(C)c2ccc(OCc3ccnc(-c4ncsn4)n3)cc2)cc1. The normalized spacial score (nSPS) is 11.4. The molecule has 2 aromatic carbocycles. The Hall–Kier alpha value is -3.12. The van der Waals surface area contributed by atoms with Crippen molar-refractivity contribution in [2.24, 2.45) is 0 Å². The van der Waals surface area contributed by atoms with Crippen LogP contribution in [0, 0.1) is 6.92 Å². The van der Waals surface area contributed by atoms with E-state index in [1.54, 1.807) is 11.7 Å². The van der Waals surface area contributed by atoms with Crippen molar-refractivity contribution in [2.45, 2.75) is 32.8 Å². The van der Waals surface area contributed by atoms with Gasteiger partial charge in [-0.2, -0.15) is 4.37 Å². The molecule has 0 N–H and O–H groups in total. The first-order chi connectivity index (χ1) is 14.0. The number of nitrogens with zero attached hydrogens (tertiary/aromatic N) is 4. The maximum absolute atomic E-state index is 5.93. The van der Waals surface area contributed by atoms with E-state index in [0.717, 1.165) is 11.4 Å². The third kappa shape index (κ3) is 4.32. The van der Waals surface area contributed by atoms with Crippen molar-refractivity contribution in [3.05, 3.63) is 88.7 Å². The minimum atomic E-state index is -0.0751. The van der Waals surface area contributed by atoms with Gasteiger partial charge in [-0.3, -0.25) is 0 Å². The molecule has 0 radical (unpaired) electrons. The average Bonchev–Trinajstić information content (AvgIpc) is 3.28. The molecule has 146 valence electrons. The molecular weight excluding hydrogens is 380 g/mol. The van der Waals surface area contributed by atoms with Crippen LogP contribution in [0.15, 0.2) is 66.3 Å². The second kappa shape index (κ2) is 8.09. The summed E-state index contributed by atoms with van der Waals surface area (Å²) in [5.41, 5.74) is 6.18. The van der Waals surface area contributed by atoms with Gasteiger partial charge in [-0.05, 0) is 47.8 Å². The average molecular weight is 403 g/mol. The molecule has 2 aromatic heterocycles. The zero-order valence-electron chi connectivity index (χ0n) is 16.7. The summed E-state index contributed by atoms with van der Waals surface area (Å²) < 4.78 is 10.1. The van der Waals surface area contributed by atoms with Crippen molar-refractivity contribution in [3.63, 3.8) is 0 Å². The quantitative estimate of drug-likeness (QED) is 0.443. The molecule has 0 unspecified atom stereocenters. The first-order valence-electron chi connectivity index (χ1n) is 9.41. The van der Waals surface area contributed by atoms with Gasteiger partial charge >= 0.3 is 0 Å². The van der Waals surface area contributed by atoms with E-state index in [1.807, 2.05) is 18.2 Å². The Balaban J connectivity index is 1.45. The molecule has 0 spiro atoms. The molecule has 2 heterocycles. The number of rotatable bonds is 6. The number of aryl methyl sites for hydroxylation is 1. The fourth-order valence-corrected chi connectivity index (χ4v) is 3.54. The summed E-state index contributed by atoms with van der Waals surface area (Å²) in [6.45, 7) is 6.95. The Bertz CT molecular complexity index is 1070. The monoisotopic (exact) mass is 402 g/mol. The van der Waals surface area contributed by atoms with Gasteiger partial charge < -0.3 is 4.74 Å². The maximum atomic E-state index is 5.93. The summed E-state index contributed by atoms with van der Waals surface area (Å²) in [6, 6.07) is 18.8. The molecule has 0 atom stereocenters. The minimum absolute atomic E-state index is 0.0751. The van der Waals surface area contributed by atoms with E-state index in [0.29, 0.717) is 18.3 Å². The maximum Gasteiger partial charge on any atom is 0.210 e. The van der Waals surface area contributed by atoms with Crippen LogP contribution in [0.4, 0.5) is 0 Å². The smallest absolute Gasteiger partial charge is 0.210 e. The lowest BCUT2D eigenvalue weighted by Gasteiger charge is -2.26. The zero-order chi connectivity index (χ0) is 20.3. The Labute approximate surface area is 174 Å². The first-order valence-corrected chi connectivity index (χ1v) is 10.3. The molecule has 0 saturated carbocycles. The third-order valence-corrected chi connectivity index (χ3v) is 5.49. The van der Waals surface area contributed by atoms with Gasteiger partial charge in [0.05, 0.1) is 5.69 Å². The molecule has 5 nitrogen and oxygen atoms in total. The van der Waals surface area contributed by atoms with Crippen molar-refractivity contribution < 1.29 is 4.74 Å². The minimum Gasteiger partial charge on any atom is -0.487 e. The Morgan fingerprint density at radius 1 is 0.862 bits per heavy atom. The fraction of sp³-hybridized carbons (Fsp3) is 0.217. The van der Waals surface area contributed by atoms with Crippen molar-refractivity contribution in [1.29, 1.82) is 0 Å². The highest BCUT2D eigenvalue weighted by molar-refractivity contribution is 7.03. The number of benzene rings is 2.